The smallest absolute Gasteiger partial charge is 0.341 e. The first-order valence-corrected chi connectivity index (χ1v) is 7.68. The highest BCUT2D eigenvalue weighted by Gasteiger charge is 2.23. The number of aromatic carboxylic acids is 1. The molecule has 0 atom stereocenters. The van der Waals surface area contributed by atoms with Gasteiger partial charge in [0.15, 0.2) is 0 Å². The number of nitrogens with zero attached hydrogens (tertiary/aromatic N) is 3. The molecule has 2 aromatic rings. The van der Waals surface area contributed by atoms with Crippen molar-refractivity contribution in [3.05, 3.63) is 51.2 Å². The Kier molecular flexibility index (Phi) is 4.04. The Morgan fingerprint density at radius 3 is 2.91 bits per heavy atom. The van der Waals surface area contributed by atoms with Gasteiger partial charge in [-0.3, -0.25) is 14.4 Å². The van der Waals surface area contributed by atoms with E-state index in [1.165, 1.54) is 6.20 Å². The fraction of sp³-hybridized carbons (Fsp3) is 0.438. The van der Waals surface area contributed by atoms with Crippen LogP contribution in [0, 0.1) is 0 Å². The van der Waals surface area contributed by atoms with Crippen LogP contribution in [0.15, 0.2) is 23.4 Å². The van der Waals surface area contributed by atoms with E-state index in [1.54, 1.807) is 0 Å². The third-order valence-corrected chi connectivity index (χ3v) is 4.15. The molecule has 23 heavy (non-hydrogen) atoms. The summed E-state index contributed by atoms with van der Waals surface area (Å²) in [6, 6.07) is 0.312. The van der Waals surface area contributed by atoms with Gasteiger partial charge in [-0.05, 0) is 13.8 Å². The second-order valence-electron chi connectivity index (χ2n) is 6.18. The molecule has 0 saturated heterocycles. The molecule has 0 aromatic carbocycles. The Balaban J connectivity index is 1.80. The van der Waals surface area contributed by atoms with Crippen molar-refractivity contribution < 1.29 is 9.90 Å². The highest BCUT2D eigenvalue weighted by atomic mass is 16.4. The molecule has 1 aliphatic heterocycles. The summed E-state index contributed by atoms with van der Waals surface area (Å²) in [5.74, 6) is -1.19. The van der Waals surface area contributed by atoms with Crippen molar-refractivity contribution in [2.24, 2.45) is 0 Å². The van der Waals surface area contributed by atoms with Gasteiger partial charge in [0.1, 0.15) is 5.56 Å². The number of hydrogen-bond donors (Lipinski definition) is 2. The van der Waals surface area contributed by atoms with Gasteiger partial charge in [0.05, 0.1) is 6.20 Å². The Hall–Kier alpha value is -2.41. The molecule has 0 spiro atoms. The number of pyridine rings is 1. The number of rotatable bonds is 4. The summed E-state index contributed by atoms with van der Waals surface area (Å²) in [5, 5.41) is 13.4. The molecule has 7 nitrogen and oxygen atoms in total. The van der Waals surface area contributed by atoms with Gasteiger partial charge in [0.2, 0.25) is 5.43 Å². The van der Waals surface area contributed by atoms with Gasteiger partial charge >= 0.3 is 5.97 Å². The molecule has 0 aliphatic carbocycles. The predicted octanol–water partition coefficient (Wildman–Crippen LogP) is 1.41. The third kappa shape index (κ3) is 3.05. The summed E-state index contributed by atoms with van der Waals surface area (Å²) in [4.78, 5) is 28.5. The average Bonchev–Trinajstić information content (AvgIpc) is 2.96. The van der Waals surface area contributed by atoms with Crippen LogP contribution in [0.3, 0.4) is 0 Å². The second-order valence-corrected chi connectivity index (χ2v) is 6.18. The maximum absolute atomic E-state index is 12.3. The van der Waals surface area contributed by atoms with Gasteiger partial charge in [-0.15, -0.1) is 0 Å². The molecule has 0 saturated carbocycles. The van der Waals surface area contributed by atoms with E-state index in [2.05, 4.69) is 28.8 Å². The van der Waals surface area contributed by atoms with Crippen molar-refractivity contribution in [3.8, 4) is 0 Å². The lowest BCUT2D eigenvalue weighted by Gasteiger charge is -2.27. The standard InChI is InChI=1S/C16H20N4O3/c1-10(2)20-8-11(5-18-20)7-19-4-3-14-13(9-19)15(21)12(6-17-14)16(22)23/h5-6,8,10H,3-4,7,9H2,1-2H3,(H,17,21)(H,22,23). The number of aromatic amines is 1. The summed E-state index contributed by atoms with van der Waals surface area (Å²) in [5.41, 5.74) is 1.92. The minimum atomic E-state index is -1.19. The van der Waals surface area contributed by atoms with Crippen molar-refractivity contribution in [2.75, 3.05) is 6.54 Å². The normalized spacial score (nSPS) is 14.9. The summed E-state index contributed by atoms with van der Waals surface area (Å²) in [6.45, 7) is 6.12. The molecule has 3 rings (SSSR count). The van der Waals surface area contributed by atoms with E-state index in [1.807, 2.05) is 17.1 Å². The van der Waals surface area contributed by atoms with Crippen molar-refractivity contribution >= 4 is 5.97 Å². The van der Waals surface area contributed by atoms with E-state index in [0.717, 1.165) is 17.8 Å². The van der Waals surface area contributed by atoms with Crippen molar-refractivity contribution in [3.63, 3.8) is 0 Å². The maximum Gasteiger partial charge on any atom is 0.341 e. The monoisotopic (exact) mass is 316 g/mol. The Labute approximate surface area is 133 Å². The van der Waals surface area contributed by atoms with Gasteiger partial charge in [-0.25, -0.2) is 4.79 Å². The number of carboxylic acid groups (broad SMARTS) is 1. The summed E-state index contributed by atoms with van der Waals surface area (Å²) in [6.07, 6.45) is 5.86. The molecular weight excluding hydrogens is 296 g/mol. The molecule has 7 heteroatoms. The van der Waals surface area contributed by atoms with Crippen LogP contribution >= 0.6 is 0 Å². The fourth-order valence-corrected chi connectivity index (χ4v) is 2.87. The van der Waals surface area contributed by atoms with E-state index in [-0.39, 0.29) is 11.0 Å². The van der Waals surface area contributed by atoms with Gasteiger partial charge in [-0.2, -0.15) is 5.10 Å². The number of carbonyl (C=O) groups is 1. The minimum Gasteiger partial charge on any atom is -0.477 e. The molecule has 0 bridgehead atoms. The molecule has 0 radical (unpaired) electrons. The third-order valence-electron chi connectivity index (χ3n) is 4.15. The summed E-state index contributed by atoms with van der Waals surface area (Å²) >= 11 is 0. The van der Waals surface area contributed by atoms with E-state index in [4.69, 9.17) is 5.11 Å². The molecule has 0 unspecified atom stereocenters. The topological polar surface area (TPSA) is 91.2 Å². The van der Waals surface area contributed by atoms with Crippen molar-refractivity contribution in [1.29, 1.82) is 0 Å². The highest BCUT2D eigenvalue weighted by molar-refractivity contribution is 5.87. The molecule has 2 N–H and O–H groups in total. The second kappa shape index (κ2) is 6.00. The molecule has 122 valence electrons. The van der Waals surface area contributed by atoms with E-state index in [0.29, 0.717) is 31.1 Å². The van der Waals surface area contributed by atoms with Crippen LogP contribution in [0.5, 0.6) is 0 Å². The van der Waals surface area contributed by atoms with Crippen LogP contribution in [0.25, 0.3) is 0 Å². The Bertz CT molecular complexity index is 791. The Morgan fingerprint density at radius 1 is 1.48 bits per heavy atom. The Morgan fingerprint density at radius 2 is 2.26 bits per heavy atom. The van der Waals surface area contributed by atoms with Crippen LogP contribution in [0.1, 0.15) is 47.1 Å². The van der Waals surface area contributed by atoms with E-state index in [9.17, 15) is 9.59 Å². The highest BCUT2D eigenvalue weighted by Crippen LogP contribution is 2.17. The predicted molar refractivity (Wildman–Crippen MR) is 84.5 cm³/mol. The molecule has 3 heterocycles. The lowest BCUT2D eigenvalue weighted by atomic mass is 10.0. The van der Waals surface area contributed by atoms with Gasteiger partial charge in [-0.1, -0.05) is 0 Å². The first-order chi connectivity index (χ1) is 11.0. The number of H-pyrrole nitrogens is 1. The SMILES string of the molecule is CC(C)n1cc(CN2CCc3[nH]cc(C(=O)O)c(=O)c3C2)cn1. The molecule has 0 amide bonds. The minimum absolute atomic E-state index is 0.196. The van der Waals surface area contributed by atoms with E-state index >= 15 is 0 Å². The number of fused-ring (bicyclic) bond motifs is 1. The van der Waals surface area contributed by atoms with Gasteiger partial charge in [0.25, 0.3) is 0 Å². The van der Waals surface area contributed by atoms with Crippen LogP contribution in [-0.2, 0) is 19.5 Å². The van der Waals surface area contributed by atoms with Crippen LogP contribution in [0.2, 0.25) is 0 Å². The van der Waals surface area contributed by atoms with Gasteiger partial charge < -0.3 is 10.1 Å². The maximum atomic E-state index is 12.3. The summed E-state index contributed by atoms with van der Waals surface area (Å²) < 4.78 is 1.91. The molecule has 1 aliphatic rings. The summed E-state index contributed by atoms with van der Waals surface area (Å²) in [7, 11) is 0. The first-order valence-electron chi connectivity index (χ1n) is 7.68. The molecule has 0 fully saturated rings. The zero-order chi connectivity index (χ0) is 16.6. The van der Waals surface area contributed by atoms with Crippen LogP contribution in [-0.4, -0.2) is 37.3 Å². The number of aromatic nitrogens is 3. The molecular formula is C16H20N4O3. The zero-order valence-electron chi connectivity index (χ0n) is 13.2. The number of nitrogens with one attached hydrogen (secondary N) is 1. The first kappa shape index (κ1) is 15.5. The van der Waals surface area contributed by atoms with Crippen molar-refractivity contribution in [2.45, 2.75) is 39.4 Å². The lowest BCUT2D eigenvalue weighted by Crippen LogP contribution is -2.35. The quantitative estimate of drug-likeness (QED) is 0.890. The lowest BCUT2D eigenvalue weighted by molar-refractivity contribution is 0.0694. The van der Waals surface area contributed by atoms with E-state index < -0.39 is 5.97 Å². The van der Waals surface area contributed by atoms with Crippen molar-refractivity contribution in [1.82, 2.24) is 19.7 Å². The number of hydrogen-bond acceptors (Lipinski definition) is 4. The largest absolute Gasteiger partial charge is 0.477 e. The molecule has 2 aromatic heterocycles. The van der Waals surface area contributed by atoms with Crippen LogP contribution in [0.4, 0.5) is 0 Å². The number of carboxylic acids is 1. The van der Waals surface area contributed by atoms with Gasteiger partial charge in [0, 0.05) is 61.3 Å². The van der Waals surface area contributed by atoms with Crippen LogP contribution < -0.4 is 5.43 Å². The fourth-order valence-electron chi connectivity index (χ4n) is 2.87. The zero-order valence-corrected chi connectivity index (χ0v) is 13.2. The average molecular weight is 316 g/mol.